The summed E-state index contributed by atoms with van der Waals surface area (Å²) < 4.78 is 31.7. The summed E-state index contributed by atoms with van der Waals surface area (Å²) >= 11 is 0. The summed E-state index contributed by atoms with van der Waals surface area (Å²) in [7, 11) is 1.64. The van der Waals surface area contributed by atoms with Crippen LogP contribution in [0, 0.1) is 5.92 Å². The lowest BCUT2D eigenvalue weighted by Gasteiger charge is -2.29. The molecule has 558 valence electrons. The van der Waals surface area contributed by atoms with Crippen molar-refractivity contribution >= 4 is 115 Å². The van der Waals surface area contributed by atoms with Gasteiger partial charge in [0.1, 0.15) is 66.2 Å². The molecule has 21 N–H and O–H groups in total. The molecule has 0 unspecified atom stereocenters. The third-order valence-corrected chi connectivity index (χ3v) is 17.6. The number of para-hydroxylation sites is 1. The van der Waals surface area contributed by atoms with E-state index in [1.165, 1.54) is 45.0 Å². The number of nitrogens with two attached hydrogens (primary N) is 2. The topological polar surface area (TPSA) is 540 Å². The number of halogens is 3. The molecule has 12 atom stereocenters. The summed E-state index contributed by atoms with van der Waals surface area (Å²) in [6.45, 7) is 6.24. The summed E-state index contributed by atoms with van der Waals surface area (Å²) in [5.74, 6) is -18.5. The van der Waals surface area contributed by atoms with Gasteiger partial charge in [-0.3, -0.25) is 57.5 Å². The molecule has 3 aromatic carbocycles. The number of carboxylic acid groups (broad SMARTS) is 3. The highest BCUT2D eigenvalue weighted by Crippen LogP contribution is 2.25. The van der Waals surface area contributed by atoms with Crippen molar-refractivity contribution in [2.24, 2.45) is 17.4 Å². The molecule has 2 heterocycles. The van der Waals surface area contributed by atoms with Crippen LogP contribution in [0.5, 0.6) is 5.75 Å². The number of rotatable bonds is 27. The van der Waals surface area contributed by atoms with Gasteiger partial charge in [0, 0.05) is 47.9 Å². The minimum absolute atomic E-state index is 0.0434. The number of aliphatic hydroxyl groups is 1. The normalized spacial score (nSPS) is 19.8. The van der Waals surface area contributed by atoms with E-state index in [2.05, 4.69) is 63.5 Å². The number of aliphatic hydroxyl groups excluding tert-OH is 1. The van der Waals surface area contributed by atoms with Gasteiger partial charge in [0.25, 0.3) is 0 Å². The molecule has 0 spiro atoms. The smallest absolute Gasteiger partial charge is 0.490 e. The van der Waals surface area contributed by atoms with Gasteiger partial charge in [-0.25, -0.2) is 9.59 Å². The number of aromatic nitrogens is 1. The number of unbranched alkanes of at least 4 members (excludes halogenated alkanes) is 1. The van der Waals surface area contributed by atoms with Crippen LogP contribution in [-0.2, 0) is 86.4 Å². The van der Waals surface area contributed by atoms with Crippen molar-refractivity contribution in [2.45, 2.75) is 158 Å². The Balaban J connectivity index is 0.00000298. The highest BCUT2D eigenvalue weighted by Gasteiger charge is 2.40. The van der Waals surface area contributed by atoms with Gasteiger partial charge in [0.05, 0.1) is 25.1 Å². The van der Waals surface area contributed by atoms with Crippen LogP contribution in [0.2, 0.25) is 0 Å². The lowest BCUT2D eigenvalue weighted by molar-refractivity contribution is -0.192. The van der Waals surface area contributed by atoms with Crippen molar-refractivity contribution in [3.05, 3.63) is 102 Å². The quantitative estimate of drug-likeness (QED) is 0.0226. The number of hydrogen-bond donors (Lipinski definition) is 19. The van der Waals surface area contributed by atoms with E-state index in [4.69, 9.17) is 21.4 Å². The summed E-state index contributed by atoms with van der Waals surface area (Å²) in [6, 6.07) is 3.84. The maximum Gasteiger partial charge on any atom is 0.490 e. The molecular weight excluding hydrogens is 1390 g/mol. The molecule has 102 heavy (non-hydrogen) atoms. The first-order chi connectivity index (χ1) is 48.0. The first-order valence-electron chi connectivity index (χ1n) is 31.8. The van der Waals surface area contributed by atoms with Crippen LogP contribution in [0.3, 0.4) is 0 Å². The minimum Gasteiger partial charge on any atom is -0.508 e. The lowest BCUT2D eigenvalue weighted by atomic mass is 10.0. The van der Waals surface area contributed by atoms with E-state index in [1.807, 2.05) is 0 Å². The molecule has 33 nitrogen and oxygen atoms in total. The molecular formula is C64H85F3N14O19S2. The zero-order valence-electron chi connectivity index (χ0n) is 55.9. The summed E-state index contributed by atoms with van der Waals surface area (Å²) in [5.41, 5.74) is 13.5. The fourth-order valence-corrected chi connectivity index (χ4v) is 12.0. The van der Waals surface area contributed by atoms with Crippen molar-refractivity contribution in [1.29, 1.82) is 0 Å². The van der Waals surface area contributed by atoms with E-state index >= 15 is 14.4 Å². The van der Waals surface area contributed by atoms with Crippen LogP contribution in [0.15, 0.2) is 85.1 Å². The van der Waals surface area contributed by atoms with E-state index in [1.54, 1.807) is 60.8 Å². The third kappa shape index (κ3) is 28.2. The average Bonchev–Trinajstić information content (AvgIpc) is 1.52. The number of hydrogen-bond acceptors (Lipinski definition) is 20. The number of amides is 11. The Bertz CT molecular complexity index is 3590. The number of phenolic OH excluding ortho intramolecular Hbond substituents is 1. The van der Waals surface area contributed by atoms with Gasteiger partial charge in [-0.1, -0.05) is 96.1 Å². The number of benzene rings is 3. The number of alkyl halides is 3. The zero-order valence-corrected chi connectivity index (χ0v) is 57.6. The fourth-order valence-electron chi connectivity index (χ4n) is 9.63. The molecule has 1 aromatic heterocycles. The molecule has 38 heteroatoms. The van der Waals surface area contributed by atoms with E-state index < -0.39 is 192 Å². The predicted octanol–water partition coefficient (Wildman–Crippen LogP) is -2.01. The SMILES string of the molecule is CC(C)[C@H](NC(=O)[C@@H]1CSSC[C@H](NC(=O)[C@H](CC(=O)O)NC(=O)[C@H](C)NC(=O)[C@@H](NC(=O)CNC(=O)[C@H](C)N)[C@@H](C)O)C(=O)N[C@@H](Cc2ccccc2)C(=O)N[C@@H](Cc2c[nH]c3ccccc23)C(=O)N[C@@H](CCCCN)C(=O)N[C@@H](Cc2ccc(O)cc2)C(=O)N1)C(=O)O.O=C(O)C(F)(F)F. The molecule has 11 amide bonds. The molecule has 1 aliphatic rings. The number of fused-ring (bicyclic) bond motifs is 1. The average molecular weight is 1480 g/mol. The number of carbonyl (C=O) groups excluding carboxylic acids is 11. The second kappa shape index (κ2) is 41.0. The monoisotopic (exact) mass is 1470 g/mol. The third-order valence-electron chi connectivity index (χ3n) is 15.2. The number of aliphatic carboxylic acids is 3. The molecule has 4 aromatic rings. The second-order valence-electron chi connectivity index (χ2n) is 23.9. The highest BCUT2D eigenvalue weighted by atomic mass is 33.1. The van der Waals surface area contributed by atoms with Crippen LogP contribution in [-0.4, -0.2) is 217 Å². The van der Waals surface area contributed by atoms with Crippen LogP contribution < -0.4 is 70.0 Å². The Morgan fingerprint density at radius 2 is 1.16 bits per heavy atom. The molecule has 1 saturated heterocycles. The van der Waals surface area contributed by atoms with Crippen molar-refractivity contribution in [2.75, 3.05) is 24.6 Å². The van der Waals surface area contributed by atoms with Gasteiger partial charge in [0.2, 0.25) is 65.0 Å². The molecule has 0 radical (unpaired) electrons. The molecule has 5 rings (SSSR count). The van der Waals surface area contributed by atoms with Crippen molar-refractivity contribution in [3.63, 3.8) is 0 Å². The number of aromatic hydroxyl groups is 1. The Morgan fingerprint density at radius 1 is 0.618 bits per heavy atom. The van der Waals surface area contributed by atoms with Crippen molar-refractivity contribution in [3.8, 4) is 5.75 Å². The van der Waals surface area contributed by atoms with Crippen LogP contribution in [0.1, 0.15) is 77.0 Å². The number of H-pyrrole nitrogens is 1. The second-order valence-corrected chi connectivity index (χ2v) is 26.4. The number of carbonyl (C=O) groups is 14. The largest absolute Gasteiger partial charge is 0.508 e. The van der Waals surface area contributed by atoms with Crippen LogP contribution in [0.4, 0.5) is 13.2 Å². The Labute approximate surface area is 590 Å². The highest BCUT2D eigenvalue weighted by molar-refractivity contribution is 8.76. The number of nitrogens with one attached hydrogen (secondary N) is 12. The van der Waals surface area contributed by atoms with E-state index in [-0.39, 0.29) is 44.4 Å². The van der Waals surface area contributed by atoms with Crippen molar-refractivity contribution in [1.82, 2.24) is 63.5 Å². The molecule has 0 aliphatic carbocycles. The number of phenols is 1. The first kappa shape index (κ1) is 84.4. The minimum atomic E-state index is -5.08. The number of aromatic amines is 1. The van der Waals surface area contributed by atoms with Crippen LogP contribution >= 0.6 is 21.6 Å². The molecule has 1 aliphatic heterocycles. The van der Waals surface area contributed by atoms with Gasteiger partial charge in [-0.15, -0.1) is 0 Å². The zero-order chi connectivity index (χ0) is 76.1. The summed E-state index contributed by atoms with van der Waals surface area (Å²) in [5, 5.41) is 75.9. The summed E-state index contributed by atoms with van der Waals surface area (Å²) in [6.07, 6.45) is -6.25. The maximum absolute atomic E-state index is 15.1. The Morgan fingerprint density at radius 3 is 1.72 bits per heavy atom. The lowest BCUT2D eigenvalue weighted by Crippen LogP contribution is -2.62. The van der Waals surface area contributed by atoms with E-state index in [0.29, 0.717) is 34.0 Å². The number of carboxylic acids is 3. The first-order valence-corrected chi connectivity index (χ1v) is 34.3. The maximum atomic E-state index is 15.1. The Kier molecular flexibility index (Phi) is 33.9. The standard InChI is InChI=1S/C62H84N14O17S2.C2HF3O2/c1-31(2)50(62(92)93)76-60(90)47-30-95-94-29-46(73-58(88)45(26-49(80)81)69-53(83)33(4)67-61(91)51(34(5)77)75-48(79)28-66-52(82)32(3)64)59(89)71-42(23-35-13-7-6-8-14-35)55(85)72-44(25-37-27-65-40-16-10-9-15-39(37)40)57(87)68-41(17-11-12-22-63)54(84)70-43(56(86)74-47)24-36-18-20-38(78)21-19-36;3-2(4,5)1(6)7/h6-10,13-16,18-21,27,31-34,41-47,50-51,65,77-78H,11-12,17,22-26,28-30,63-64H2,1-5H3,(H,66,82)(H,67,91)(H,68,87)(H,69,83)(H,70,84)(H,71,89)(H,72,85)(H,73,88)(H,74,86)(H,75,79)(H,76,90)(H,80,81)(H,92,93);(H,6,7)/t32-,33-,34+,41-,42-,43-,44-,45-,46-,47-,50-,51-;/m0./s1. The van der Waals surface area contributed by atoms with Gasteiger partial charge < -0.3 is 100 Å². The molecule has 0 bridgehead atoms. The van der Waals surface area contributed by atoms with E-state index in [0.717, 1.165) is 35.4 Å². The van der Waals surface area contributed by atoms with E-state index in [9.17, 15) is 81.5 Å². The van der Waals surface area contributed by atoms with Gasteiger partial charge >= 0.3 is 24.1 Å². The Hall–Kier alpha value is -10.1. The molecule has 1 fully saturated rings. The van der Waals surface area contributed by atoms with Crippen LogP contribution in [0.25, 0.3) is 10.9 Å². The van der Waals surface area contributed by atoms with Gasteiger partial charge in [-0.2, -0.15) is 13.2 Å². The predicted molar refractivity (Wildman–Crippen MR) is 364 cm³/mol. The summed E-state index contributed by atoms with van der Waals surface area (Å²) in [4.78, 5) is 192. The van der Waals surface area contributed by atoms with Gasteiger partial charge in [0.15, 0.2) is 0 Å². The van der Waals surface area contributed by atoms with Gasteiger partial charge in [-0.05, 0) is 87.4 Å². The van der Waals surface area contributed by atoms with Crippen molar-refractivity contribution < 1.29 is 106 Å². The fraction of sp³-hybridized carbons (Fsp3) is 0.469. The molecule has 0 saturated carbocycles.